The Bertz CT molecular complexity index is 3010. The Morgan fingerprint density at radius 1 is 0.396 bits per heavy atom. The van der Waals surface area contributed by atoms with Crippen LogP contribution in [-0.4, -0.2) is 0 Å². The monoisotopic (exact) mass is 715 g/mol. The lowest BCUT2D eigenvalue weighted by Gasteiger charge is -2.31. The molecule has 3 heteroatoms. The maximum atomic E-state index is 2.56. The SMILES string of the molecule is c1ccc2c(-c3c(N(c4ccc5c(c4)sc4ccccc45)c4ccc5sc6ccccc6c5c4)ccc4ccccc34)c(C3CCCCC3)ccc2c1. The number of thiophene rings is 2. The summed E-state index contributed by atoms with van der Waals surface area (Å²) in [6.45, 7) is 0. The van der Waals surface area contributed by atoms with Gasteiger partial charge in [-0.1, -0.05) is 128 Å². The molecule has 0 unspecified atom stereocenters. The molecular formula is C50H37NS2. The number of fused-ring (bicyclic) bond motifs is 8. The molecule has 0 spiro atoms. The summed E-state index contributed by atoms with van der Waals surface area (Å²) >= 11 is 3.77. The van der Waals surface area contributed by atoms with Crippen LogP contribution < -0.4 is 4.90 Å². The van der Waals surface area contributed by atoms with Gasteiger partial charge in [0, 0.05) is 57.3 Å². The van der Waals surface area contributed by atoms with Crippen molar-refractivity contribution in [3.05, 3.63) is 163 Å². The van der Waals surface area contributed by atoms with Gasteiger partial charge in [-0.2, -0.15) is 0 Å². The third kappa shape index (κ3) is 5.10. The molecule has 1 saturated carbocycles. The van der Waals surface area contributed by atoms with E-state index in [1.165, 1.54) is 128 Å². The molecule has 0 atom stereocenters. The van der Waals surface area contributed by atoms with Gasteiger partial charge in [-0.15, -0.1) is 22.7 Å². The number of rotatable bonds is 5. The minimum Gasteiger partial charge on any atom is -0.310 e. The number of anilines is 3. The summed E-state index contributed by atoms with van der Waals surface area (Å²) in [5.41, 5.74) is 7.80. The second-order valence-electron chi connectivity index (χ2n) is 14.7. The Morgan fingerprint density at radius 3 is 1.70 bits per heavy atom. The van der Waals surface area contributed by atoms with Gasteiger partial charge < -0.3 is 4.90 Å². The van der Waals surface area contributed by atoms with E-state index < -0.39 is 0 Å². The van der Waals surface area contributed by atoms with Gasteiger partial charge in [-0.05, 0) is 100.0 Å². The first kappa shape index (κ1) is 31.1. The van der Waals surface area contributed by atoms with Crippen molar-refractivity contribution in [1.29, 1.82) is 0 Å². The molecule has 11 rings (SSSR count). The highest BCUT2D eigenvalue weighted by Gasteiger charge is 2.27. The van der Waals surface area contributed by atoms with Crippen molar-refractivity contribution in [2.24, 2.45) is 0 Å². The highest BCUT2D eigenvalue weighted by atomic mass is 32.1. The smallest absolute Gasteiger partial charge is 0.0546 e. The number of nitrogens with zero attached hydrogens (tertiary/aromatic N) is 1. The Kier molecular flexibility index (Phi) is 7.38. The Labute approximate surface area is 317 Å². The van der Waals surface area contributed by atoms with Crippen molar-refractivity contribution in [2.75, 3.05) is 4.90 Å². The van der Waals surface area contributed by atoms with Crippen LogP contribution >= 0.6 is 22.7 Å². The minimum atomic E-state index is 0.548. The molecule has 0 N–H and O–H groups in total. The van der Waals surface area contributed by atoms with Gasteiger partial charge >= 0.3 is 0 Å². The van der Waals surface area contributed by atoms with Crippen LogP contribution in [0.3, 0.4) is 0 Å². The highest BCUT2D eigenvalue weighted by Crippen LogP contribution is 2.51. The zero-order valence-corrected chi connectivity index (χ0v) is 31.0. The molecule has 53 heavy (non-hydrogen) atoms. The van der Waals surface area contributed by atoms with Crippen LogP contribution in [0.15, 0.2) is 158 Å². The summed E-state index contributed by atoms with van der Waals surface area (Å²) in [6.07, 6.45) is 6.44. The van der Waals surface area contributed by atoms with Crippen LogP contribution in [0.5, 0.6) is 0 Å². The summed E-state index contributed by atoms with van der Waals surface area (Å²) in [6, 6.07) is 59.6. The first-order valence-electron chi connectivity index (χ1n) is 18.9. The van der Waals surface area contributed by atoms with Crippen molar-refractivity contribution in [3.63, 3.8) is 0 Å². The highest BCUT2D eigenvalue weighted by molar-refractivity contribution is 7.26. The average molecular weight is 716 g/mol. The van der Waals surface area contributed by atoms with E-state index in [1.807, 2.05) is 22.7 Å². The quantitative estimate of drug-likeness (QED) is 0.171. The van der Waals surface area contributed by atoms with Gasteiger partial charge in [0.15, 0.2) is 0 Å². The van der Waals surface area contributed by atoms with Gasteiger partial charge in [0.2, 0.25) is 0 Å². The molecule has 0 bridgehead atoms. The molecule has 254 valence electrons. The fourth-order valence-corrected chi connectivity index (χ4v) is 11.4. The molecule has 1 aliphatic rings. The summed E-state index contributed by atoms with van der Waals surface area (Å²) in [5.74, 6) is 0.548. The minimum absolute atomic E-state index is 0.548. The lowest BCUT2D eigenvalue weighted by atomic mass is 9.78. The van der Waals surface area contributed by atoms with E-state index in [-0.39, 0.29) is 0 Å². The predicted octanol–water partition coefficient (Wildman–Crippen LogP) is 15.9. The molecule has 8 aromatic carbocycles. The van der Waals surface area contributed by atoms with Crippen LogP contribution in [0.2, 0.25) is 0 Å². The molecule has 0 saturated heterocycles. The average Bonchev–Trinajstić information content (AvgIpc) is 3.79. The predicted molar refractivity (Wildman–Crippen MR) is 233 cm³/mol. The Hall–Kier alpha value is -5.48. The maximum absolute atomic E-state index is 2.56. The van der Waals surface area contributed by atoms with Gasteiger partial charge in [0.05, 0.1) is 5.69 Å². The molecular weight excluding hydrogens is 679 g/mol. The molecule has 1 fully saturated rings. The first-order valence-corrected chi connectivity index (χ1v) is 20.6. The van der Waals surface area contributed by atoms with Crippen LogP contribution in [0.4, 0.5) is 17.1 Å². The van der Waals surface area contributed by atoms with Crippen LogP contribution in [0, 0.1) is 0 Å². The van der Waals surface area contributed by atoms with Crippen LogP contribution in [0.25, 0.3) is 73.0 Å². The van der Waals surface area contributed by atoms with Gasteiger partial charge in [0.1, 0.15) is 0 Å². The maximum Gasteiger partial charge on any atom is 0.0546 e. The molecule has 1 nitrogen and oxygen atoms in total. The van der Waals surface area contributed by atoms with Crippen molar-refractivity contribution < 1.29 is 0 Å². The van der Waals surface area contributed by atoms with Gasteiger partial charge in [0.25, 0.3) is 0 Å². The zero-order chi connectivity index (χ0) is 34.9. The third-order valence-electron chi connectivity index (χ3n) is 11.6. The molecule has 10 aromatic rings. The lowest BCUT2D eigenvalue weighted by Crippen LogP contribution is -2.13. The molecule has 2 heterocycles. The van der Waals surface area contributed by atoms with Crippen molar-refractivity contribution in [2.45, 2.75) is 38.0 Å². The number of hydrogen-bond acceptors (Lipinski definition) is 3. The fraction of sp³-hybridized carbons (Fsp3) is 0.120. The van der Waals surface area contributed by atoms with E-state index in [4.69, 9.17) is 0 Å². The molecule has 1 aliphatic carbocycles. The number of hydrogen-bond donors (Lipinski definition) is 0. The van der Waals surface area contributed by atoms with E-state index >= 15 is 0 Å². The van der Waals surface area contributed by atoms with Gasteiger partial charge in [-0.25, -0.2) is 0 Å². The van der Waals surface area contributed by atoms with E-state index in [0.29, 0.717) is 5.92 Å². The van der Waals surface area contributed by atoms with Crippen molar-refractivity contribution >= 4 is 102 Å². The third-order valence-corrected chi connectivity index (χ3v) is 13.9. The number of benzene rings is 8. The first-order chi connectivity index (χ1) is 26.3. The summed E-state index contributed by atoms with van der Waals surface area (Å²) in [4.78, 5) is 2.56. The van der Waals surface area contributed by atoms with Gasteiger partial charge in [-0.3, -0.25) is 0 Å². The largest absolute Gasteiger partial charge is 0.310 e. The second-order valence-corrected chi connectivity index (χ2v) is 16.8. The summed E-state index contributed by atoms with van der Waals surface area (Å²) in [7, 11) is 0. The van der Waals surface area contributed by atoms with E-state index in [2.05, 4.69) is 163 Å². The molecule has 0 amide bonds. The summed E-state index contributed by atoms with van der Waals surface area (Å²) < 4.78 is 5.29. The van der Waals surface area contributed by atoms with E-state index in [1.54, 1.807) is 0 Å². The standard InChI is InChI=1S/C50H37NS2/c1-2-12-32(13-3-1)39-26-22-33-14-4-6-16-37(33)49(39)50-38-17-7-5-15-34(38)23-28-44(50)51(35-25-29-47-43(30-35)41-19-9-11-21-46(41)52-47)36-24-27-42-40-18-8-10-20-45(40)53-48(42)31-36/h4-11,14-32H,1-3,12-13H2. The Morgan fingerprint density at radius 2 is 0.943 bits per heavy atom. The van der Waals surface area contributed by atoms with E-state index in [9.17, 15) is 0 Å². The normalized spacial score (nSPS) is 14.0. The van der Waals surface area contributed by atoms with Crippen LogP contribution in [-0.2, 0) is 0 Å². The molecule has 2 aromatic heterocycles. The second kappa shape index (κ2) is 12.6. The van der Waals surface area contributed by atoms with Crippen molar-refractivity contribution in [3.8, 4) is 11.1 Å². The summed E-state index contributed by atoms with van der Waals surface area (Å²) in [5, 5.41) is 10.5. The zero-order valence-electron chi connectivity index (χ0n) is 29.4. The topological polar surface area (TPSA) is 3.24 Å². The molecule has 0 aliphatic heterocycles. The van der Waals surface area contributed by atoms with Crippen LogP contribution in [0.1, 0.15) is 43.6 Å². The van der Waals surface area contributed by atoms with E-state index in [0.717, 1.165) is 0 Å². The van der Waals surface area contributed by atoms with Crippen molar-refractivity contribution in [1.82, 2.24) is 0 Å². The molecule has 0 radical (unpaired) electrons. The Balaban J connectivity index is 1.25. The fourth-order valence-electron chi connectivity index (χ4n) is 9.16. The lowest BCUT2D eigenvalue weighted by molar-refractivity contribution is 0.444.